The zero-order chi connectivity index (χ0) is 20.0. The van der Waals surface area contributed by atoms with Crippen LogP contribution in [0.2, 0.25) is 0 Å². The molecule has 2 fully saturated rings. The summed E-state index contributed by atoms with van der Waals surface area (Å²) in [5, 5.41) is 0. The lowest BCUT2D eigenvalue weighted by molar-refractivity contribution is -0.130. The van der Waals surface area contributed by atoms with Crippen LogP contribution in [0, 0.1) is 29.3 Å². The number of likely N-dealkylation sites (tertiary alicyclic amines) is 2. The fourth-order valence-electron chi connectivity index (χ4n) is 4.49. The largest absolute Gasteiger partial charge is 0.338 e. The van der Waals surface area contributed by atoms with E-state index in [-0.39, 0.29) is 35.2 Å². The Labute approximate surface area is 160 Å². The molecule has 2 aliphatic heterocycles. The Kier molecular flexibility index (Phi) is 4.61. The van der Waals surface area contributed by atoms with Crippen molar-refractivity contribution >= 4 is 11.8 Å². The summed E-state index contributed by atoms with van der Waals surface area (Å²) in [4.78, 5) is 28.1. The topological polar surface area (TPSA) is 40.6 Å². The molecule has 4 nitrogen and oxygen atoms in total. The van der Waals surface area contributed by atoms with Crippen molar-refractivity contribution in [3.8, 4) is 0 Å². The van der Waals surface area contributed by atoms with E-state index in [4.69, 9.17) is 0 Å². The van der Waals surface area contributed by atoms with E-state index in [1.54, 1.807) is 17.0 Å². The molecule has 0 aromatic heterocycles. The fraction of sp³-hybridized carbons (Fsp3) is 0.333. The lowest BCUT2D eigenvalue weighted by Gasteiger charge is -2.29. The Bertz CT molecular complexity index is 949. The van der Waals surface area contributed by atoms with Crippen LogP contribution in [0.1, 0.15) is 28.9 Å². The number of amides is 2. The Morgan fingerprint density at radius 3 is 2.39 bits per heavy atom. The van der Waals surface area contributed by atoms with Crippen LogP contribution in [0.15, 0.2) is 42.5 Å². The van der Waals surface area contributed by atoms with Gasteiger partial charge in [-0.15, -0.1) is 0 Å². The molecule has 4 rings (SSSR count). The summed E-state index contributed by atoms with van der Waals surface area (Å²) in [6.45, 7) is 2.63. The molecule has 0 unspecified atom stereocenters. The van der Waals surface area contributed by atoms with Crippen LogP contribution in [0.25, 0.3) is 0 Å². The quantitative estimate of drug-likeness (QED) is 0.791. The Morgan fingerprint density at radius 1 is 0.964 bits per heavy atom. The van der Waals surface area contributed by atoms with Crippen LogP contribution in [0.5, 0.6) is 0 Å². The lowest BCUT2D eigenvalue weighted by atomic mass is 9.89. The molecule has 0 spiro atoms. The van der Waals surface area contributed by atoms with Gasteiger partial charge in [-0.2, -0.15) is 0 Å². The smallest absolute Gasteiger partial charge is 0.256 e. The maximum absolute atomic E-state index is 14.0. The first-order chi connectivity index (χ1) is 13.3. The molecular weight excluding hydrogens is 369 g/mol. The van der Waals surface area contributed by atoms with Crippen molar-refractivity contribution < 1.29 is 22.8 Å². The number of carbonyl (C=O) groups excluding carboxylic acids is 2. The third-order valence-corrected chi connectivity index (χ3v) is 5.71. The minimum absolute atomic E-state index is 0.0182. The zero-order valence-corrected chi connectivity index (χ0v) is 15.2. The number of nitrogens with zero attached hydrogens (tertiary/aromatic N) is 2. The Morgan fingerprint density at radius 2 is 1.71 bits per heavy atom. The van der Waals surface area contributed by atoms with Gasteiger partial charge in [0.1, 0.15) is 17.5 Å². The third-order valence-electron chi connectivity index (χ3n) is 5.71. The van der Waals surface area contributed by atoms with Gasteiger partial charge in [-0.25, -0.2) is 13.2 Å². The van der Waals surface area contributed by atoms with E-state index in [0.29, 0.717) is 31.3 Å². The maximum Gasteiger partial charge on any atom is 0.256 e. The number of hydrogen-bond acceptors (Lipinski definition) is 2. The van der Waals surface area contributed by atoms with Gasteiger partial charge in [0.2, 0.25) is 5.91 Å². The molecule has 0 bridgehead atoms. The SMILES string of the molecule is CC(=O)N1C[C@H]2CN(C(=O)c3ccc(F)cc3F)C[C@H]2[C@@H]1c1cccc(F)c1. The maximum atomic E-state index is 14.0. The van der Waals surface area contributed by atoms with E-state index < -0.39 is 17.5 Å². The van der Waals surface area contributed by atoms with Gasteiger partial charge in [0, 0.05) is 44.5 Å². The molecule has 2 amide bonds. The van der Waals surface area contributed by atoms with Crippen LogP contribution < -0.4 is 0 Å². The summed E-state index contributed by atoms with van der Waals surface area (Å²) in [6.07, 6.45) is 0. The van der Waals surface area contributed by atoms with Gasteiger partial charge in [-0.3, -0.25) is 9.59 Å². The molecular formula is C21H19F3N2O2. The third kappa shape index (κ3) is 3.15. The molecule has 7 heteroatoms. The molecule has 2 aliphatic rings. The van der Waals surface area contributed by atoms with Crippen LogP contribution in [-0.2, 0) is 4.79 Å². The van der Waals surface area contributed by atoms with Crippen LogP contribution >= 0.6 is 0 Å². The van der Waals surface area contributed by atoms with Crippen molar-refractivity contribution in [1.82, 2.24) is 9.80 Å². The first-order valence-electron chi connectivity index (χ1n) is 9.12. The van der Waals surface area contributed by atoms with Crippen molar-refractivity contribution in [3.63, 3.8) is 0 Å². The van der Waals surface area contributed by atoms with Gasteiger partial charge >= 0.3 is 0 Å². The summed E-state index contributed by atoms with van der Waals surface area (Å²) in [5.74, 6) is -2.68. The van der Waals surface area contributed by atoms with E-state index in [9.17, 15) is 22.8 Å². The fourth-order valence-corrected chi connectivity index (χ4v) is 4.49. The summed E-state index contributed by atoms with van der Waals surface area (Å²) >= 11 is 0. The normalized spacial score (nSPS) is 23.8. The van der Waals surface area contributed by atoms with Crippen molar-refractivity contribution in [2.75, 3.05) is 19.6 Å². The molecule has 2 heterocycles. The van der Waals surface area contributed by atoms with Gasteiger partial charge in [0.05, 0.1) is 11.6 Å². The van der Waals surface area contributed by atoms with Crippen molar-refractivity contribution in [3.05, 3.63) is 71.0 Å². The molecule has 0 aliphatic carbocycles. The molecule has 2 aromatic carbocycles. The second kappa shape index (κ2) is 6.96. The molecule has 0 N–H and O–H groups in total. The van der Waals surface area contributed by atoms with E-state index in [2.05, 4.69) is 0 Å². The predicted octanol–water partition coefficient (Wildman–Crippen LogP) is 3.40. The standard InChI is InChI=1S/C21H19F3N2O2/c1-12(27)26-10-14-9-25(21(28)17-6-5-16(23)8-19(17)24)11-18(14)20(26)13-3-2-4-15(22)7-13/h2-8,14,18,20H,9-11H2,1H3/t14-,18-,20+/m1/s1. The highest BCUT2D eigenvalue weighted by molar-refractivity contribution is 5.94. The average Bonchev–Trinajstić information content (AvgIpc) is 3.19. The van der Waals surface area contributed by atoms with Gasteiger partial charge in [-0.1, -0.05) is 12.1 Å². The number of hydrogen-bond donors (Lipinski definition) is 0. The molecule has 2 aromatic rings. The zero-order valence-electron chi connectivity index (χ0n) is 15.2. The second-order valence-corrected chi connectivity index (χ2v) is 7.43. The molecule has 2 saturated heterocycles. The van der Waals surface area contributed by atoms with E-state index in [1.165, 1.54) is 24.0 Å². The Balaban J connectivity index is 1.61. The monoisotopic (exact) mass is 388 g/mol. The number of halogens is 3. The Hall–Kier alpha value is -2.83. The summed E-state index contributed by atoms with van der Waals surface area (Å²) in [6, 6.07) is 8.68. The first kappa shape index (κ1) is 18.5. The minimum atomic E-state index is -0.894. The minimum Gasteiger partial charge on any atom is -0.338 e. The molecule has 146 valence electrons. The van der Waals surface area contributed by atoms with Crippen molar-refractivity contribution in [2.24, 2.45) is 11.8 Å². The lowest BCUT2D eigenvalue weighted by Crippen LogP contribution is -2.36. The van der Waals surface area contributed by atoms with Gasteiger partial charge in [0.15, 0.2) is 0 Å². The van der Waals surface area contributed by atoms with Gasteiger partial charge in [-0.05, 0) is 29.8 Å². The molecule has 3 atom stereocenters. The summed E-state index contributed by atoms with van der Waals surface area (Å²) in [7, 11) is 0. The van der Waals surface area contributed by atoms with Crippen LogP contribution in [0.4, 0.5) is 13.2 Å². The molecule has 0 radical (unpaired) electrons. The van der Waals surface area contributed by atoms with Crippen LogP contribution in [0.3, 0.4) is 0 Å². The number of rotatable bonds is 2. The van der Waals surface area contributed by atoms with Crippen LogP contribution in [-0.4, -0.2) is 41.2 Å². The highest BCUT2D eigenvalue weighted by Crippen LogP contribution is 2.45. The first-order valence-corrected chi connectivity index (χ1v) is 9.12. The van der Waals surface area contributed by atoms with Crippen molar-refractivity contribution in [1.29, 1.82) is 0 Å². The average molecular weight is 388 g/mol. The second-order valence-electron chi connectivity index (χ2n) is 7.43. The molecule has 28 heavy (non-hydrogen) atoms. The summed E-state index contributed by atoms with van der Waals surface area (Å²) < 4.78 is 40.9. The molecule has 0 saturated carbocycles. The van der Waals surface area contributed by atoms with Gasteiger partial charge < -0.3 is 9.80 Å². The number of fused-ring (bicyclic) bond motifs is 1. The van der Waals surface area contributed by atoms with E-state index in [0.717, 1.165) is 12.1 Å². The van der Waals surface area contributed by atoms with Crippen molar-refractivity contribution in [2.45, 2.75) is 13.0 Å². The highest BCUT2D eigenvalue weighted by atomic mass is 19.1. The number of benzene rings is 2. The predicted molar refractivity (Wildman–Crippen MR) is 95.8 cm³/mol. The number of carbonyl (C=O) groups is 2. The highest BCUT2D eigenvalue weighted by Gasteiger charge is 2.49. The summed E-state index contributed by atoms with van der Waals surface area (Å²) in [5.41, 5.74) is 0.511. The van der Waals surface area contributed by atoms with Gasteiger partial charge in [0.25, 0.3) is 5.91 Å². The van der Waals surface area contributed by atoms with E-state index >= 15 is 0 Å². The van der Waals surface area contributed by atoms with E-state index in [1.807, 2.05) is 0 Å².